The maximum absolute atomic E-state index is 12.6. The summed E-state index contributed by atoms with van der Waals surface area (Å²) in [5, 5.41) is 3.66. The van der Waals surface area contributed by atoms with E-state index in [0.717, 1.165) is 32.5 Å². The lowest BCUT2D eigenvalue weighted by Gasteiger charge is -2.38. The van der Waals surface area contributed by atoms with E-state index in [0.29, 0.717) is 17.9 Å². The summed E-state index contributed by atoms with van der Waals surface area (Å²) >= 11 is 0. The van der Waals surface area contributed by atoms with Gasteiger partial charge in [0.05, 0.1) is 7.11 Å². The molecule has 2 aliphatic rings. The van der Waals surface area contributed by atoms with Gasteiger partial charge in [0.2, 0.25) is 0 Å². The second-order valence-electron chi connectivity index (χ2n) is 7.00. The van der Waals surface area contributed by atoms with E-state index in [1.807, 2.05) is 0 Å². The summed E-state index contributed by atoms with van der Waals surface area (Å²) in [6.07, 6.45) is 5.87. The summed E-state index contributed by atoms with van der Waals surface area (Å²) in [5.41, 5.74) is -0.473. The molecule has 1 N–H and O–H groups in total. The summed E-state index contributed by atoms with van der Waals surface area (Å²) in [6, 6.07) is 0.520. The Morgan fingerprint density at radius 3 is 2.43 bits per heavy atom. The quantitative estimate of drug-likeness (QED) is 0.629. The molecule has 4 heteroatoms. The molecule has 0 heterocycles. The van der Waals surface area contributed by atoms with E-state index < -0.39 is 5.54 Å². The average molecular weight is 296 g/mol. The number of likely N-dealkylation sites (N-methyl/N-ethyl adjacent to an activating group) is 1. The molecule has 2 unspecified atom stereocenters. The van der Waals surface area contributed by atoms with Crippen LogP contribution in [0.1, 0.15) is 52.9 Å². The predicted octanol–water partition coefficient (Wildman–Crippen LogP) is 2.43. The number of carbonyl (C=O) groups excluding carboxylic acids is 1. The Morgan fingerprint density at radius 1 is 1.33 bits per heavy atom. The Morgan fingerprint density at radius 2 is 2.00 bits per heavy atom. The molecular formula is C17H32N2O2. The lowest BCUT2D eigenvalue weighted by Crippen LogP contribution is -2.62. The molecule has 0 bridgehead atoms. The van der Waals surface area contributed by atoms with Crippen molar-refractivity contribution in [2.24, 2.45) is 11.8 Å². The van der Waals surface area contributed by atoms with Crippen LogP contribution in [-0.2, 0) is 9.53 Å². The number of hydrogen-bond donors (Lipinski definition) is 1. The van der Waals surface area contributed by atoms with Gasteiger partial charge in [-0.1, -0.05) is 27.2 Å². The van der Waals surface area contributed by atoms with Crippen LogP contribution < -0.4 is 5.32 Å². The first-order valence-electron chi connectivity index (χ1n) is 8.64. The van der Waals surface area contributed by atoms with Gasteiger partial charge in [-0.25, -0.2) is 4.79 Å². The van der Waals surface area contributed by atoms with Crippen LogP contribution in [0.3, 0.4) is 0 Å². The average Bonchev–Trinajstić information content (AvgIpc) is 3.36. The third-order valence-corrected chi connectivity index (χ3v) is 5.05. The van der Waals surface area contributed by atoms with Crippen molar-refractivity contribution in [2.75, 3.05) is 26.7 Å². The van der Waals surface area contributed by atoms with Gasteiger partial charge in [-0.05, 0) is 44.1 Å². The monoisotopic (exact) mass is 296 g/mol. The zero-order valence-electron chi connectivity index (χ0n) is 14.2. The van der Waals surface area contributed by atoms with Gasteiger partial charge in [0.1, 0.15) is 5.54 Å². The Kier molecular flexibility index (Phi) is 5.67. The summed E-state index contributed by atoms with van der Waals surface area (Å²) in [4.78, 5) is 15.0. The molecule has 2 aliphatic carbocycles. The third kappa shape index (κ3) is 4.19. The first-order chi connectivity index (χ1) is 10.1. The molecule has 2 fully saturated rings. The normalized spacial score (nSPS) is 22.9. The van der Waals surface area contributed by atoms with E-state index in [-0.39, 0.29) is 5.97 Å². The molecule has 2 saturated carbocycles. The van der Waals surface area contributed by atoms with E-state index in [9.17, 15) is 4.79 Å². The molecule has 0 aromatic carbocycles. The van der Waals surface area contributed by atoms with Gasteiger partial charge < -0.3 is 9.64 Å². The maximum atomic E-state index is 12.6. The summed E-state index contributed by atoms with van der Waals surface area (Å²) in [6.45, 7) is 9.55. The standard InChI is InChI=1S/C17H32N2O2/c1-5-13(3)11-19(6-2)12-17(14-7-8-14,16(20)21-4)18-15-9-10-15/h13-15,18H,5-12H2,1-4H3. The van der Waals surface area contributed by atoms with Crippen molar-refractivity contribution in [2.45, 2.75) is 64.5 Å². The van der Waals surface area contributed by atoms with Crippen LogP contribution in [0.5, 0.6) is 0 Å². The van der Waals surface area contributed by atoms with Crippen molar-refractivity contribution >= 4 is 5.97 Å². The third-order valence-electron chi connectivity index (χ3n) is 5.05. The lowest BCUT2D eigenvalue weighted by atomic mass is 9.91. The second-order valence-corrected chi connectivity index (χ2v) is 7.00. The van der Waals surface area contributed by atoms with Gasteiger partial charge >= 0.3 is 5.97 Å². The van der Waals surface area contributed by atoms with Gasteiger partial charge in [-0.3, -0.25) is 5.32 Å². The molecule has 0 aromatic rings. The highest BCUT2D eigenvalue weighted by Gasteiger charge is 2.54. The fourth-order valence-electron chi connectivity index (χ4n) is 3.16. The first kappa shape index (κ1) is 16.8. The zero-order valence-corrected chi connectivity index (χ0v) is 14.2. The van der Waals surface area contributed by atoms with Crippen LogP contribution >= 0.6 is 0 Å². The van der Waals surface area contributed by atoms with Crippen molar-refractivity contribution in [3.63, 3.8) is 0 Å². The fourth-order valence-corrected chi connectivity index (χ4v) is 3.16. The SMILES string of the molecule is CCC(C)CN(CC)CC(NC1CC1)(C(=O)OC)C1CC1. The van der Waals surface area contributed by atoms with E-state index >= 15 is 0 Å². The highest BCUT2D eigenvalue weighted by atomic mass is 16.5. The Bertz CT molecular complexity index is 353. The molecule has 2 atom stereocenters. The summed E-state index contributed by atoms with van der Waals surface area (Å²) in [5.74, 6) is 1.07. The van der Waals surface area contributed by atoms with Crippen LogP contribution in [0.25, 0.3) is 0 Å². The summed E-state index contributed by atoms with van der Waals surface area (Å²) in [7, 11) is 1.53. The minimum atomic E-state index is -0.473. The Labute approximate surface area is 129 Å². The number of ether oxygens (including phenoxy) is 1. The Hall–Kier alpha value is -0.610. The van der Waals surface area contributed by atoms with Crippen LogP contribution in [-0.4, -0.2) is 49.2 Å². The molecule has 0 aromatic heterocycles. The van der Waals surface area contributed by atoms with Crippen LogP contribution in [0.15, 0.2) is 0 Å². The molecule has 2 rings (SSSR count). The molecule has 21 heavy (non-hydrogen) atoms. The maximum Gasteiger partial charge on any atom is 0.327 e. The second kappa shape index (κ2) is 7.10. The molecule has 0 amide bonds. The highest BCUT2D eigenvalue weighted by molar-refractivity contribution is 5.82. The minimum absolute atomic E-state index is 0.0560. The molecule has 4 nitrogen and oxygen atoms in total. The van der Waals surface area contributed by atoms with E-state index in [1.165, 1.54) is 26.4 Å². The number of esters is 1. The van der Waals surface area contributed by atoms with Crippen molar-refractivity contribution in [1.82, 2.24) is 10.2 Å². The van der Waals surface area contributed by atoms with E-state index in [2.05, 4.69) is 31.0 Å². The minimum Gasteiger partial charge on any atom is -0.468 e. The van der Waals surface area contributed by atoms with Crippen LogP contribution in [0.2, 0.25) is 0 Å². The molecular weight excluding hydrogens is 264 g/mol. The van der Waals surface area contributed by atoms with Crippen molar-refractivity contribution in [1.29, 1.82) is 0 Å². The van der Waals surface area contributed by atoms with E-state index in [1.54, 1.807) is 0 Å². The lowest BCUT2D eigenvalue weighted by molar-refractivity contribution is -0.151. The van der Waals surface area contributed by atoms with Crippen molar-refractivity contribution < 1.29 is 9.53 Å². The van der Waals surface area contributed by atoms with Crippen molar-refractivity contribution in [3.05, 3.63) is 0 Å². The van der Waals surface area contributed by atoms with Gasteiger partial charge in [0.15, 0.2) is 0 Å². The van der Waals surface area contributed by atoms with Crippen LogP contribution in [0, 0.1) is 11.8 Å². The van der Waals surface area contributed by atoms with Gasteiger partial charge in [-0.15, -0.1) is 0 Å². The highest BCUT2D eigenvalue weighted by Crippen LogP contribution is 2.43. The van der Waals surface area contributed by atoms with Gasteiger partial charge in [0, 0.05) is 19.1 Å². The molecule has 0 radical (unpaired) electrons. The Balaban J connectivity index is 2.10. The fraction of sp³-hybridized carbons (Fsp3) is 0.941. The van der Waals surface area contributed by atoms with Crippen LogP contribution in [0.4, 0.5) is 0 Å². The number of methoxy groups -OCH3 is 1. The molecule has 0 spiro atoms. The molecule has 0 aliphatic heterocycles. The number of nitrogens with one attached hydrogen (secondary N) is 1. The predicted molar refractivity (Wildman–Crippen MR) is 85.2 cm³/mol. The number of hydrogen-bond acceptors (Lipinski definition) is 4. The van der Waals surface area contributed by atoms with Crippen molar-refractivity contribution in [3.8, 4) is 0 Å². The molecule has 0 saturated heterocycles. The smallest absolute Gasteiger partial charge is 0.327 e. The number of nitrogens with zero attached hydrogens (tertiary/aromatic N) is 1. The molecule has 122 valence electrons. The summed E-state index contributed by atoms with van der Waals surface area (Å²) < 4.78 is 5.19. The van der Waals surface area contributed by atoms with Gasteiger partial charge in [0.25, 0.3) is 0 Å². The van der Waals surface area contributed by atoms with E-state index in [4.69, 9.17) is 4.74 Å². The number of carbonyl (C=O) groups is 1. The zero-order chi connectivity index (χ0) is 15.5. The van der Waals surface area contributed by atoms with Gasteiger partial charge in [-0.2, -0.15) is 0 Å². The number of rotatable bonds is 10. The first-order valence-corrected chi connectivity index (χ1v) is 8.64. The largest absolute Gasteiger partial charge is 0.468 e. The topological polar surface area (TPSA) is 41.6 Å².